The average molecular weight is 181 g/mol. The van der Waals surface area contributed by atoms with E-state index in [-0.39, 0.29) is 6.61 Å². The molecule has 1 unspecified atom stereocenters. The van der Waals surface area contributed by atoms with Crippen LogP contribution in [0.1, 0.15) is 18.3 Å². The van der Waals surface area contributed by atoms with Crippen LogP contribution in [0.3, 0.4) is 0 Å². The molecule has 72 valence electrons. The molecule has 0 saturated heterocycles. The van der Waals surface area contributed by atoms with E-state index in [1.807, 2.05) is 6.92 Å². The maximum absolute atomic E-state index is 8.97. The van der Waals surface area contributed by atoms with Crippen molar-refractivity contribution in [1.82, 2.24) is 9.97 Å². The molecule has 0 spiro atoms. The summed E-state index contributed by atoms with van der Waals surface area (Å²) in [6.45, 7) is 3.62. The maximum atomic E-state index is 8.97. The van der Waals surface area contributed by atoms with Gasteiger partial charge < -0.3 is 10.8 Å². The Hall–Kier alpha value is -1.00. The van der Waals surface area contributed by atoms with Gasteiger partial charge in [0.05, 0.1) is 18.0 Å². The lowest BCUT2D eigenvalue weighted by Crippen LogP contribution is -2.42. The Balaban J connectivity index is 2.80. The highest BCUT2D eigenvalue weighted by atomic mass is 16.3. The van der Waals surface area contributed by atoms with Crippen LogP contribution in [0.15, 0.2) is 12.4 Å². The first-order valence-corrected chi connectivity index (χ1v) is 4.21. The van der Waals surface area contributed by atoms with Crippen molar-refractivity contribution >= 4 is 0 Å². The van der Waals surface area contributed by atoms with Gasteiger partial charge in [-0.1, -0.05) is 0 Å². The molecule has 1 rings (SSSR count). The van der Waals surface area contributed by atoms with E-state index < -0.39 is 5.54 Å². The van der Waals surface area contributed by atoms with Crippen LogP contribution >= 0.6 is 0 Å². The molecular weight excluding hydrogens is 166 g/mol. The lowest BCUT2D eigenvalue weighted by atomic mass is 9.97. The molecule has 4 nitrogen and oxygen atoms in total. The zero-order chi connectivity index (χ0) is 9.90. The fraction of sp³-hybridized carbons (Fsp3) is 0.556. The van der Waals surface area contributed by atoms with Crippen molar-refractivity contribution < 1.29 is 5.11 Å². The second-order valence-electron chi connectivity index (χ2n) is 3.58. The number of nitrogens with two attached hydrogens (primary N) is 1. The molecule has 0 aromatic carbocycles. The standard InChI is InChI=1S/C9H15N3O/c1-7-8(12-4-3-11-7)5-9(2,10)6-13/h3-4,13H,5-6,10H2,1-2H3. The van der Waals surface area contributed by atoms with Crippen molar-refractivity contribution in [1.29, 1.82) is 0 Å². The van der Waals surface area contributed by atoms with E-state index in [0.29, 0.717) is 6.42 Å². The van der Waals surface area contributed by atoms with Crippen molar-refractivity contribution in [2.45, 2.75) is 25.8 Å². The lowest BCUT2D eigenvalue weighted by Gasteiger charge is -2.21. The van der Waals surface area contributed by atoms with Crippen LogP contribution in [0, 0.1) is 6.92 Å². The van der Waals surface area contributed by atoms with Crippen LogP contribution in [0.25, 0.3) is 0 Å². The minimum atomic E-state index is -0.610. The second-order valence-corrected chi connectivity index (χ2v) is 3.58. The fourth-order valence-electron chi connectivity index (χ4n) is 1.05. The Bertz CT molecular complexity index is 286. The van der Waals surface area contributed by atoms with E-state index in [1.54, 1.807) is 19.3 Å². The van der Waals surface area contributed by atoms with E-state index in [4.69, 9.17) is 10.8 Å². The van der Waals surface area contributed by atoms with Crippen molar-refractivity contribution in [2.75, 3.05) is 6.61 Å². The molecule has 1 aromatic rings. The summed E-state index contributed by atoms with van der Waals surface area (Å²) in [5, 5.41) is 8.97. The minimum absolute atomic E-state index is 0.0526. The first-order chi connectivity index (χ1) is 6.05. The molecule has 0 radical (unpaired) electrons. The predicted molar refractivity (Wildman–Crippen MR) is 50.2 cm³/mol. The molecular formula is C9H15N3O. The molecule has 0 saturated carbocycles. The first-order valence-electron chi connectivity index (χ1n) is 4.21. The Morgan fingerprint density at radius 3 is 2.62 bits per heavy atom. The topological polar surface area (TPSA) is 72.0 Å². The minimum Gasteiger partial charge on any atom is -0.394 e. The van der Waals surface area contributed by atoms with E-state index >= 15 is 0 Å². The van der Waals surface area contributed by atoms with Gasteiger partial charge in [0.15, 0.2) is 0 Å². The van der Waals surface area contributed by atoms with Crippen molar-refractivity contribution in [3.05, 3.63) is 23.8 Å². The molecule has 13 heavy (non-hydrogen) atoms. The van der Waals surface area contributed by atoms with Crippen LogP contribution in [0.5, 0.6) is 0 Å². The molecule has 0 aliphatic carbocycles. The Morgan fingerprint density at radius 2 is 2.08 bits per heavy atom. The number of aliphatic hydroxyl groups is 1. The van der Waals surface area contributed by atoms with Gasteiger partial charge in [-0.05, 0) is 13.8 Å². The van der Waals surface area contributed by atoms with E-state index in [0.717, 1.165) is 11.4 Å². The Morgan fingerprint density at radius 1 is 1.46 bits per heavy atom. The van der Waals surface area contributed by atoms with Gasteiger partial charge in [-0.2, -0.15) is 0 Å². The summed E-state index contributed by atoms with van der Waals surface area (Å²) >= 11 is 0. The Labute approximate surface area is 77.8 Å². The van der Waals surface area contributed by atoms with Gasteiger partial charge in [0.25, 0.3) is 0 Å². The number of aliphatic hydroxyl groups excluding tert-OH is 1. The van der Waals surface area contributed by atoms with Crippen LogP contribution in [0.2, 0.25) is 0 Å². The van der Waals surface area contributed by atoms with Gasteiger partial charge in [-0.15, -0.1) is 0 Å². The van der Waals surface area contributed by atoms with Crippen LogP contribution in [0.4, 0.5) is 0 Å². The third-order valence-electron chi connectivity index (χ3n) is 1.92. The van der Waals surface area contributed by atoms with E-state index in [9.17, 15) is 0 Å². The summed E-state index contributed by atoms with van der Waals surface area (Å²) in [7, 11) is 0. The first kappa shape index (κ1) is 10.1. The highest BCUT2D eigenvalue weighted by Crippen LogP contribution is 2.09. The number of aromatic nitrogens is 2. The smallest absolute Gasteiger partial charge is 0.0634 e. The second kappa shape index (κ2) is 3.81. The van der Waals surface area contributed by atoms with Gasteiger partial charge in [-0.25, -0.2) is 0 Å². The predicted octanol–water partition coefficient (Wildman–Crippen LogP) is 0.0372. The molecule has 1 aromatic heterocycles. The number of hydrogen-bond acceptors (Lipinski definition) is 4. The fourth-order valence-corrected chi connectivity index (χ4v) is 1.05. The Kier molecular flexibility index (Phi) is 2.95. The van der Waals surface area contributed by atoms with Crippen molar-refractivity contribution in [3.63, 3.8) is 0 Å². The third kappa shape index (κ3) is 2.75. The highest BCUT2D eigenvalue weighted by molar-refractivity contribution is 5.11. The summed E-state index contributed by atoms with van der Waals surface area (Å²) < 4.78 is 0. The monoisotopic (exact) mass is 181 g/mol. The summed E-state index contributed by atoms with van der Waals surface area (Å²) in [6.07, 6.45) is 3.82. The number of rotatable bonds is 3. The van der Waals surface area contributed by atoms with Crippen LogP contribution < -0.4 is 5.73 Å². The van der Waals surface area contributed by atoms with Gasteiger partial charge in [-0.3, -0.25) is 9.97 Å². The quantitative estimate of drug-likeness (QED) is 0.690. The van der Waals surface area contributed by atoms with Gasteiger partial charge in [0.1, 0.15) is 0 Å². The maximum Gasteiger partial charge on any atom is 0.0634 e. The molecule has 0 aliphatic rings. The molecule has 0 bridgehead atoms. The summed E-state index contributed by atoms with van der Waals surface area (Å²) in [5.41, 5.74) is 6.91. The van der Waals surface area contributed by atoms with E-state index in [2.05, 4.69) is 9.97 Å². The average Bonchev–Trinajstić information content (AvgIpc) is 2.09. The summed E-state index contributed by atoms with van der Waals surface area (Å²) in [6, 6.07) is 0. The molecule has 3 N–H and O–H groups in total. The van der Waals surface area contributed by atoms with Crippen molar-refractivity contribution in [3.8, 4) is 0 Å². The van der Waals surface area contributed by atoms with E-state index in [1.165, 1.54) is 0 Å². The number of hydrogen-bond donors (Lipinski definition) is 2. The zero-order valence-electron chi connectivity index (χ0n) is 7.99. The van der Waals surface area contributed by atoms with Crippen LogP contribution in [-0.4, -0.2) is 27.2 Å². The third-order valence-corrected chi connectivity index (χ3v) is 1.92. The molecule has 4 heteroatoms. The van der Waals surface area contributed by atoms with Gasteiger partial charge in [0.2, 0.25) is 0 Å². The SMILES string of the molecule is Cc1nccnc1CC(C)(N)CO. The molecule has 0 aliphatic heterocycles. The molecule has 0 fully saturated rings. The highest BCUT2D eigenvalue weighted by Gasteiger charge is 2.19. The molecule has 1 atom stereocenters. The molecule has 0 amide bonds. The molecule has 1 heterocycles. The van der Waals surface area contributed by atoms with Gasteiger partial charge in [0, 0.05) is 24.4 Å². The zero-order valence-corrected chi connectivity index (χ0v) is 7.99. The van der Waals surface area contributed by atoms with Crippen molar-refractivity contribution in [2.24, 2.45) is 5.73 Å². The lowest BCUT2D eigenvalue weighted by molar-refractivity contribution is 0.207. The normalized spacial score (nSPS) is 15.4. The summed E-state index contributed by atoms with van der Waals surface area (Å²) in [5.74, 6) is 0. The number of nitrogens with zero attached hydrogens (tertiary/aromatic N) is 2. The van der Waals surface area contributed by atoms with Gasteiger partial charge >= 0.3 is 0 Å². The number of aryl methyl sites for hydroxylation is 1. The largest absolute Gasteiger partial charge is 0.394 e. The van der Waals surface area contributed by atoms with Crippen LogP contribution in [-0.2, 0) is 6.42 Å². The summed E-state index contributed by atoms with van der Waals surface area (Å²) in [4.78, 5) is 8.26.